The molecule has 0 amide bonds. The summed E-state index contributed by atoms with van der Waals surface area (Å²) in [5.74, 6) is -0.179. The van der Waals surface area contributed by atoms with Gasteiger partial charge in [-0.25, -0.2) is 4.39 Å². The van der Waals surface area contributed by atoms with Crippen LogP contribution >= 0.6 is 15.9 Å². The van der Waals surface area contributed by atoms with Gasteiger partial charge in [-0.2, -0.15) is 0 Å². The van der Waals surface area contributed by atoms with E-state index in [0.717, 1.165) is 26.7 Å². The Hall–Kier alpha value is -1.19. The lowest BCUT2D eigenvalue weighted by Gasteiger charge is -2.23. The summed E-state index contributed by atoms with van der Waals surface area (Å²) >= 11 is 3.64. The predicted octanol–water partition coefficient (Wildman–Crippen LogP) is 4.82. The first-order chi connectivity index (χ1) is 9.43. The van der Waals surface area contributed by atoms with Crippen LogP contribution in [0.3, 0.4) is 0 Å². The van der Waals surface area contributed by atoms with E-state index in [9.17, 15) is 4.39 Å². The molecule has 0 spiro atoms. The van der Waals surface area contributed by atoms with Crippen LogP contribution in [0.25, 0.3) is 0 Å². The Bertz CT molecular complexity index is 614. The fourth-order valence-corrected chi connectivity index (χ4v) is 3.42. The predicted molar refractivity (Wildman–Crippen MR) is 85.7 cm³/mol. The molecule has 0 radical (unpaired) electrons. The molecular weight excluding hydrogens is 317 g/mol. The van der Waals surface area contributed by atoms with E-state index in [4.69, 9.17) is 0 Å². The Balaban J connectivity index is 2.58. The highest BCUT2D eigenvalue weighted by molar-refractivity contribution is 9.10. The van der Waals surface area contributed by atoms with Gasteiger partial charge in [0.25, 0.3) is 0 Å². The van der Waals surface area contributed by atoms with Gasteiger partial charge >= 0.3 is 0 Å². The molecule has 2 aromatic rings. The second-order valence-corrected chi connectivity index (χ2v) is 6.05. The summed E-state index contributed by atoms with van der Waals surface area (Å²) in [5.41, 5.74) is 5.45. The van der Waals surface area contributed by atoms with Crippen molar-refractivity contribution in [2.75, 3.05) is 7.05 Å². The van der Waals surface area contributed by atoms with Crippen LogP contribution in [0.4, 0.5) is 4.39 Å². The van der Waals surface area contributed by atoms with Crippen LogP contribution < -0.4 is 5.32 Å². The fourth-order valence-electron chi connectivity index (χ4n) is 2.70. The first kappa shape index (κ1) is 15.2. The standard InChI is InChI=1S/C17H19BrFN/c1-10-5-6-14(15(18)7-10)17(20-4)16-11(2)8-13(19)9-12(16)3/h5-9,17,20H,1-4H3. The molecule has 106 valence electrons. The monoisotopic (exact) mass is 335 g/mol. The lowest BCUT2D eigenvalue weighted by atomic mass is 9.91. The molecular formula is C17H19BrFN. The van der Waals surface area contributed by atoms with E-state index in [1.165, 1.54) is 5.56 Å². The van der Waals surface area contributed by atoms with Crippen molar-refractivity contribution in [2.24, 2.45) is 0 Å². The second kappa shape index (κ2) is 6.06. The zero-order chi connectivity index (χ0) is 14.9. The normalized spacial score (nSPS) is 12.5. The van der Waals surface area contributed by atoms with E-state index in [-0.39, 0.29) is 11.9 Å². The number of halogens is 2. The third-order valence-electron chi connectivity index (χ3n) is 3.60. The van der Waals surface area contributed by atoms with E-state index in [1.54, 1.807) is 12.1 Å². The topological polar surface area (TPSA) is 12.0 Å². The number of aryl methyl sites for hydroxylation is 3. The summed E-state index contributed by atoms with van der Waals surface area (Å²) in [6.07, 6.45) is 0. The molecule has 0 saturated carbocycles. The van der Waals surface area contributed by atoms with Crippen molar-refractivity contribution in [3.05, 3.63) is 68.4 Å². The molecule has 0 fully saturated rings. The van der Waals surface area contributed by atoms with Crippen LogP contribution in [-0.2, 0) is 0 Å². The molecule has 1 N–H and O–H groups in total. The average molecular weight is 336 g/mol. The summed E-state index contributed by atoms with van der Waals surface area (Å²) in [4.78, 5) is 0. The molecule has 1 nitrogen and oxygen atoms in total. The van der Waals surface area contributed by atoms with Gasteiger partial charge in [0, 0.05) is 4.47 Å². The maximum atomic E-state index is 13.5. The van der Waals surface area contributed by atoms with Crippen LogP contribution in [0.5, 0.6) is 0 Å². The van der Waals surface area contributed by atoms with E-state index in [2.05, 4.69) is 46.4 Å². The lowest BCUT2D eigenvalue weighted by Crippen LogP contribution is -2.20. The van der Waals surface area contributed by atoms with Crippen molar-refractivity contribution in [1.29, 1.82) is 0 Å². The number of hydrogen-bond donors (Lipinski definition) is 1. The van der Waals surface area contributed by atoms with Crippen LogP contribution in [0.1, 0.15) is 33.9 Å². The maximum absolute atomic E-state index is 13.5. The number of benzene rings is 2. The van der Waals surface area contributed by atoms with Gasteiger partial charge in [-0.3, -0.25) is 0 Å². The first-order valence-electron chi connectivity index (χ1n) is 6.64. The van der Waals surface area contributed by atoms with Gasteiger partial charge in [0.15, 0.2) is 0 Å². The zero-order valence-electron chi connectivity index (χ0n) is 12.2. The first-order valence-corrected chi connectivity index (χ1v) is 7.43. The zero-order valence-corrected chi connectivity index (χ0v) is 13.8. The van der Waals surface area contributed by atoms with E-state index < -0.39 is 0 Å². The molecule has 0 aliphatic rings. The lowest BCUT2D eigenvalue weighted by molar-refractivity contribution is 0.618. The molecule has 0 bridgehead atoms. The maximum Gasteiger partial charge on any atom is 0.123 e. The van der Waals surface area contributed by atoms with Crippen LogP contribution in [0.2, 0.25) is 0 Å². The molecule has 1 atom stereocenters. The van der Waals surface area contributed by atoms with Crippen molar-refractivity contribution in [2.45, 2.75) is 26.8 Å². The van der Waals surface area contributed by atoms with Gasteiger partial charge in [0.2, 0.25) is 0 Å². The van der Waals surface area contributed by atoms with E-state index >= 15 is 0 Å². The molecule has 3 heteroatoms. The van der Waals surface area contributed by atoms with Crippen molar-refractivity contribution >= 4 is 15.9 Å². The molecule has 1 unspecified atom stereocenters. The third kappa shape index (κ3) is 2.94. The van der Waals surface area contributed by atoms with Crippen molar-refractivity contribution < 1.29 is 4.39 Å². The Labute approximate surface area is 128 Å². The molecule has 2 aromatic carbocycles. The minimum Gasteiger partial charge on any atom is -0.309 e. The molecule has 0 aliphatic carbocycles. The summed E-state index contributed by atoms with van der Waals surface area (Å²) in [6.45, 7) is 5.98. The average Bonchev–Trinajstić information content (AvgIpc) is 2.34. The van der Waals surface area contributed by atoms with E-state index in [1.807, 2.05) is 20.9 Å². The van der Waals surface area contributed by atoms with Gasteiger partial charge in [-0.05, 0) is 73.8 Å². The van der Waals surface area contributed by atoms with Gasteiger partial charge in [-0.15, -0.1) is 0 Å². The molecule has 2 rings (SSSR count). The minimum absolute atomic E-state index is 0.0468. The minimum atomic E-state index is -0.179. The summed E-state index contributed by atoms with van der Waals surface area (Å²) in [6, 6.07) is 9.55. The highest BCUT2D eigenvalue weighted by atomic mass is 79.9. The van der Waals surface area contributed by atoms with Crippen molar-refractivity contribution in [3.63, 3.8) is 0 Å². The molecule has 0 aliphatic heterocycles. The fraction of sp³-hybridized carbons (Fsp3) is 0.294. The van der Waals surface area contributed by atoms with Gasteiger partial charge in [0.05, 0.1) is 6.04 Å². The number of nitrogens with one attached hydrogen (secondary N) is 1. The number of rotatable bonds is 3. The summed E-state index contributed by atoms with van der Waals surface area (Å²) in [7, 11) is 1.93. The van der Waals surface area contributed by atoms with Gasteiger partial charge in [0.1, 0.15) is 5.82 Å². The highest BCUT2D eigenvalue weighted by Gasteiger charge is 2.19. The van der Waals surface area contributed by atoms with Crippen molar-refractivity contribution in [1.82, 2.24) is 5.32 Å². The summed E-state index contributed by atoms with van der Waals surface area (Å²) in [5, 5.41) is 3.34. The molecule has 20 heavy (non-hydrogen) atoms. The molecule has 0 heterocycles. The van der Waals surface area contributed by atoms with Crippen LogP contribution in [-0.4, -0.2) is 7.05 Å². The Morgan fingerprint density at radius 1 is 1.05 bits per heavy atom. The Morgan fingerprint density at radius 2 is 1.65 bits per heavy atom. The largest absolute Gasteiger partial charge is 0.309 e. The quantitative estimate of drug-likeness (QED) is 0.847. The van der Waals surface area contributed by atoms with Crippen molar-refractivity contribution in [3.8, 4) is 0 Å². The number of hydrogen-bond acceptors (Lipinski definition) is 1. The Kier molecular flexibility index (Phi) is 4.61. The summed E-state index contributed by atoms with van der Waals surface area (Å²) < 4.78 is 14.6. The van der Waals surface area contributed by atoms with Crippen LogP contribution in [0, 0.1) is 26.6 Å². The second-order valence-electron chi connectivity index (χ2n) is 5.20. The SMILES string of the molecule is CNC(c1ccc(C)cc1Br)c1c(C)cc(F)cc1C. The third-order valence-corrected chi connectivity index (χ3v) is 4.29. The van der Waals surface area contributed by atoms with Crippen LogP contribution in [0.15, 0.2) is 34.8 Å². The van der Waals surface area contributed by atoms with Gasteiger partial charge in [-0.1, -0.05) is 28.1 Å². The Morgan fingerprint density at radius 3 is 2.15 bits per heavy atom. The highest BCUT2D eigenvalue weighted by Crippen LogP contribution is 2.33. The smallest absolute Gasteiger partial charge is 0.123 e. The van der Waals surface area contributed by atoms with E-state index in [0.29, 0.717) is 0 Å². The molecule has 0 aromatic heterocycles. The molecule has 0 saturated heterocycles. The van der Waals surface area contributed by atoms with Gasteiger partial charge < -0.3 is 5.32 Å².